The molecule has 8 heterocycles. The van der Waals surface area contributed by atoms with Crippen molar-refractivity contribution < 1.29 is 0 Å². The van der Waals surface area contributed by atoms with Crippen LogP contribution in [-0.2, 0) is 0 Å². The molecule has 0 N–H and O–H groups in total. The van der Waals surface area contributed by atoms with E-state index in [0.717, 1.165) is 89.1 Å². The summed E-state index contributed by atoms with van der Waals surface area (Å²) in [6.07, 6.45) is 3.86. The number of pyridine rings is 2. The van der Waals surface area contributed by atoms with Crippen molar-refractivity contribution in [2.24, 2.45) is 0 Å². The summed E-state index contributed by atoms with van der Waals surface area (Å²) in [5.74, 6) is 1.62. The lowest BCUT2D eigenvalue weighted by molar-refractivity contribution is 1.06. The molecule has 0 unspecified atom stereocenters. The van der Waals surface area contributed by atoms with Gasteiger partial charge in [-0.05, 0) is 146 Å². The Kier molecular flexibility index (Phi) is 10.1. The summed E-state index contributed by atoms with van der Waals surface area (Å²) in [7, 11) is 0. The van der Waals surface area contributed by atoms with Crippen LogP contribution in [0.15, 0.2) is 304 Å². The Morgan fingerprint density at radius 1 is 0.167 bits per heavy atom. The summed E-state index contributed by atoms with van der Waals surface area (Å²) in [5, 5.41) is 14.3. The number of nitrogens with zero attached hydrogens (tertiary/aromatic N) is 8. The number of aromatic nitrogens is 8. The zero-order valence-electron chi connectivity index (χ0n) is 48.4. The van der Waals surface area contributed by atoms with Gasteiger partial charge in [0.2, 0.25) is 0 Å². The number of hydrogen-bond donors (Lipinski definition) is 0. The van der Waals surface area contributed by atoms with Crippen LogP contribution in [0.3, 0.4) is 0 Å². The van der Waals surface area contributed by atoms with Crippen LogP contribution in [0.2, 0.25) is 0 Å². The van der Waals surface area contributed by atoms with Gasteiger partial charge in [0.15, 0.2) is 0 Å². The van der Waals surface area contributed by atoms with Gasteiger partial charge in [0.25, 0.3) is 0 Å². The first kappa shape index (κ1) is 48.9. The molecule has 0 aliphatic heterocycles. The zero-order valence-corrected chi connectivity index (χ0v) is 48.4. The Morgan fingerprint density at radius 2 is 0.367 bits per heavy atom. The number of hydrogen-bond acceptors (Lipinski definition) is 2. The van der Waals surface area contributed by atoms with Gasteiger partial charge < -0.3 is 18.3 Å². The largest absolute Gasteiger partial charge is 0.309 e. The Hall–Kier alpha value is -12.3. The van der Waals surface area contributed by atoms with E-state index >= 15 is 0 Å². The third-order valence-corrected chi connectivity index (χ3v) is 19.1. The second kappa shape index (κ2) is 18.6. The molecule has 0 saturated heterocycles. The normalized spacial score (nSPS) is 12.2. The Balaban J connectivity index is 0.834. The minimum absolute atomic E-state index is 0.809. The van der Waals surface area contributed by atoms with Crippen molar-refractivity contribution in [1.82, 2.24) is 37.4 Å². The molecule has 90 heavy (non-hydrogen) atoms. The van der Waals surface area contributed by atoms with Gasteiger partial charge in [0.05, 0.1) is 66.2 Å². The molecular formula is C82H50N8. The van der Waals surface area contributed by atoms with Crippen molar-refractivity contribution in [2.75, 3.05) is 0 Å². The molecule has 20 rings (SSSR count). The van der Waals surface area contributed by atoms with Gasteiger partial charge >= 0.3 is 0 Å². The van der Waals surface area contributed by atoms with Crippen LogP contribution in [0, 0.1) is 0 Å². The highest BCUT2D eigenvalue weighted by molar-refractivity contribution is 6.17. The molecule has 0 amide bonds. The standard InChI is InChI=1S/C82H50N8/c1-9-29-69-55(19-1)56-20-2-10-30-70(56)85(69)51-37-41-77-65(47-51)66-48-52(86-71-31-11-3-21-57(71)58-22-4-12-32-72(58)86)38-42-78(66)89(77)81-63(27-17-45-83-81)64-28-18-46-84-82(64)90-79-43-39-53(87-73-33-13-5-23-59(73)60-24-6-14-34-74(60)87)49-67(79)68-50-54(40-44-80(68)90)88-75-35-15-7-25-61(75)62-26-8-16-36-76(62)88/h1-50H. The molecule has 0 bridgehead atoms. The van der Waals surface area contributed by atoms with E-state index < -0.39 is 0 Å². The summed E-state index contributed by atoms with van der Waals surface area (Å²) < 4.78 is 14.4. The molecular weight excluding hydrogens is 1100 g/mol. The van der Waals surface area contributed by atoms with E-state index in [1.165, 1.54) is 87.2 Å². The van der Waals surface area contributed by atoms with Gasteiger partial charge in [-0.25, -0.2) is 9.97 Å². The van der Waals surface area contributed by atoms with Gasteiger partial charge in [-0.1, -0.05) is 146 Å². The second-order valence-electron chi connectivity index (χ2n) is 23.7. The van der Waals surface area contributed by atoms with Crippen LogP contribution >= 0.6 is 0 Å². The predicted molar refractivity (Wildman–Crippen MR) is 374 cm³/mol. The minimum atomic E-state index is 0.809. The monoisotopic (exact) mass is 1150 g/mol. The lowest BCUT2D eigenvalue weighted by atomic mass is 10.1. The van der Waals surface area contributed by atoms with Crippen LogP contribution in [0.25, 0.3) is 176 Å². The first-order chi connectivity index (χ1) is 44.7. The zero-order chi connectivity index (χ0) is 58.7. The fourth-order valence-corrected chi connectivity index (χ4v) is 15.4. The van der Waals surface area contributed by atoms with E-state index in [1.807, 2.05) is 12.4 Å². The molecule has 0 spiro atoms. The molecule has 8 aromatic heterocycles. The summed E-state index contributed by atoms with van der Waals surface area (Å²) >= 11 is 0. The Labute approximate surface area is 514 Å². The van der Waals surface area contributed by atoms with Crippen LogP contribution in [0.1, 0.15) is 0 Å². The Bertz CT molecular complexity index is 5490. The fraction of sp³-hybridized carbons (Fsp3) is 0. The third-order valence-electron chi connectivity index (χ3n) is 19.1. The van der Waals surface area contributed by atoms with Gasteiger partial charge in [-0.2, -0.15) is 0 Å². The Morgan fingerprint density at radius 3 is 0.589 bits per heavy atom. The lowest BCUT2D eigenvalue weighted by Gasteiger charge is -2.17. The molecule has 0 saturated carbocycles. The summed E-state index contributed by atoms with van der Waals surface area (Å²) in [5.41, 5.74) is 19.8. The van der Waals surface area contributed by atoms with Crippen LogP contribution in [0.5, 0.6) is 0 Å². The highest BCUT2D eigenvalue weighted by Gasteiger charge is 2.26. The van der Waals surface area contributed by atoms with E-state index in [4.69, 9.17) is 9.97 Å². The molecule has 0 aliphatic rings. The summed E-state index contributed by atoms with van der Waals surface area (Å²) in [4.78, 5) is 10.9. The van der Waals surface area contributed by atoms with Gasteiger partial charge in [-0.3, -0.25) is 9.13 Å². The molecule has 418 valence electrons. The van der Waals surface area contributed by atoms with E-state index in [1.54, 1.807) is 0 Å². The first-order valence-electron chi connectivity index (χ1n) is 30.7. The molecule has 0 atom stereocenters. The molecule has 20 aromatic rings. The number of rotatable bonds is 7. The smallest absolute Gasteiger partial charge is 0.145 e. The van der Waals surface area contributed by atoms with E-state index in [9.17, 15) is 0 Å². The molecule has 12 aromatic carbocycles. The van der Waals surface area contributed by atoms with Crippen LogP contribution in [0.4, 0.5) is 0 Å². The van der Waals surface area contributed by atoms with Gasteiger partial charge in [0.1, 0.15) is 11.6 Å². The van der Waals surface area contributed by atoms with Crippen molar-refractivity contribution in [3.05, 3.63) is 304 Å². The highest BCUT2D eigenvalue weighted by Crippen LogP contribution is 2.45. The van der Waals surface area contributed by atoms with E-state index in [2.05, 4.69) is 319 Å². The molecule has 8 nitrogen and oxygen atoms in total. The van der Waals surface area contributed by atoms with Gasteiger partial charge in [0, 0.05) is 111 Å². The van der Waals surface area contributed by atoms with Crippen molar-refractivity contribution in [3.8, 4) is 45.5 Å². The van der Waals surface area contributed by atoms with Crippen LogP contribution in [-0.4, -0.2) is 37.4 Å². The van der Waals surface area contributed by atoms with Crippen molar-refractivity contribution in [2.45, 2.75) is 0 Å². The average Bonchev–Trinajstić information content (AvgIpc) is 1.60. The topological polar surface area (TPSA) is 55.4 Å². The number of fused-ring (bicyclic) bond motifs is 18. The van der Waals surface area contributed by atoms with Crippen molar-refractivity contribution in [1.29, 1.82) is 0 Å². The molecule has 0 aliphatic carbocycles. The quantitative estimate of drug-likeness (QED) is 0.160. The average molecular weight is 1150 g/mol. The third kappa shape index (κ3) is 6.78. The highest BCUT2D eigenvalue weighted by atomic mass is 15.1. The maximum Gasteiger partial charge on any atom is 0.145 e. The molecule has 0 radical (unpaired) electrons. The van der Waals surface area contributed by atoms with Crippen LogP contribution < -0.4 is 0 Å². The molecule has 0 fully saturated rings. The van der Waals surface area contributed by atoms with Crippen molar-refractivity contribution >= 4 is 131 Å². The van der Waals surface area contributed by atoms with E-state index in [-0.39, 0.29) is 0 Å². The lowest BCUT2D eigenvalue weighted by Crippen LogP contribution is -2.05. The maximum atomic E-state index is 5.44. The fourth-order valence-electron chi connectivity index (χ4n) is 15.4. The summed E-state index contributed by atoms with van der Waals surface area (Å²) in [6, 6.07) is 106. The predicted octanol–water partition coefficient (Wildman–Crippen LogP) is 20.7. The minimum Gasteiger partial charge on any atom is -0.309 e. The first-order valence-corrected chi connectivity index (χ1v) is 30.7. The van der Waals surface area contributed by atoms with E-state index in [0.29, 0.717) is 0 Å². The number of para-hydroxylation sites is 8. The second-order valence-corrected chi connectivity index (χ2v) is 23.7. The van der Waals surface area contributed by atoms with Crippen molar-refractivity contribution in [3.63, 3.8) is 0 Å². The van der Waals surface area contributed by atoms with Gasteiger partial charge in [-0.15, -0.1) is 0 Å². The molecule has 8 heteroatoms. The maximum absolute atomic E-state index is 5.44. The number of benzene rings is 12. The summed E-state index contributed by atoms with van der Waals surface area (Å²) in [6.45, 7) is 0. The SMILES string of the molecule is c1cnc(-n2c3ccc(-n4c5ccccc5c5ccccc54)cc3c3cc(-n4c5ccccc5c5ccccc54)ccc32)c(-c2cccnc2-n2c3ccc(-n4c5ccccc5c5ccccc54)cc3c3cc(-n4c5ccccc5c5ccccc54)ccc32)c1.